The van der Waals surface area contributed by atoms with E-state index in [9.17, 15) is 24.3 Å². The summed E-state index contributed by atoms with van der Waals surface area (Å²) in [7, 11) is 0. The van der Waals surface area contributed by atoms with E-state index in [1.807, 2.05) is 30.3 Å². The van der Waals surface area contributed by atoms with Crippen LogP contribution in [0.5, 0.6) is 0 Å². The van der Waals surface area contributed by atoms with Crippen molar-refractivity contribution in [2.24, 2.45) is 0 Å². The maximum atomic E-state index is 13.3. The Bertz CT molecular complexity index is 1710. The number of carbonyl (C=O) groups is 4. The van der Waals surface area contributed by atoms with E-state index in [4.69, 9.17) is 0 Å². The Labute approximate surface area is 235 Å². The van der Waals surface area contributed by atoms with Gasteiger partial charge in [0.15, 0.2) is 0 Å². The molecule has 0 radical (unpaired) electrons. The number of aromatic nitrogens is 1. The van der Waals surface area contributed by atoms with Crippen molar-refractivity contribution in [3.05, 3.63) is 132 Å². The van der Waals surface area contributed by atoms with Gasteiger partial charge in [0.2, 0.25) is 0 Å². The molecule has 0 aliphatic rings. The Kier molecular flexibility index (Phi) is 7.87. The fourth-order valence-corrected chi connectivity index (χ4v) is 4.44. The van der Waals surface area contributed by atoms with Gasteiger partial charge in [-0.25, -0.2) is 4.79 Å². The van der Waals surface area contributed by atoms with E-state index >= 15 is 0 Å². The van der Waals surface area contributed by atoms with Crippen LogP contribution in [0.2, 0.25) is 0 Å². The Balaban J connectivity index is 1.32. The van der Waals surface area contributed by atoms with Gasteiger partial charge in [0, 0.05) is 17.3 Å². The van der Waals surface area contributed by atoms with Crippen molar-refractivity contribution < 1.29 is 24.3 Å². The van der Waals surface area contributed by atoms with Gasteiger partial charge >= 0.3 is 5.97 Å². The molecule has 1 atom stereocenters. The number of rotatable bonds is 9. The molecule has 9 heteroatoms. The molecular formula is C32H26N4O5. The van der Waals surface area contributed by atoms with Gasteiger partial charge in [-0.05, 0) is 42.0 Å². The molecule has 0 bridgehead atoms. The van der Waals surface area contributed by atoms with E-state index in [0.29, 0.717) is 5.69 Å². The van der Waals surface area contributed by atoms with Gasteiger partial charge in [0.1, 0.15) is 11.7 Å². The molecule has 41 heavy (non-hydrogen) atoms. The molecule has 9 nitrogen and oxygen atoms in total. The molecule has 1 heterocycles. The number of benzene rings is 4. The van der Waals surface area contributed by atoms with Gasteiger partial charge in [0.05, 0.1) is 22.5 Å². The molecule has 1 aromatic heterocycles. The zero-order chi connectivity index (χ0) is 28.8. The number of carboxylic acid groups (broad SMARTS) is 1. The average Bonchev–Trinajstić information content (AvgIpc) is 3.42. The van der Waals surface area contributed by atoms with Crippen LogP contribution in [0.15, 0.2) is 109 Å². The SMILES string of the molecule is O=C(Nc1ccccc1C(=O)Nc1ccccc1C(=O)NC(Cc1ccccc1)C(=O)O)c1cc2ccccc2[nH]1. The molecule has 1 unspecified atom stereocenters. The van der Waals surface area contributed by atoms with Crippen LogP contribution in [0.25, 0.3) is 10.9 Å². The number of fused-ring (bicyclic) bond motifs is 1. The van der Waals surface area contributed by atoms with Crippen LogP contribution >= 0.6 is 0 Å². The normalized spacial score (nSPS) is 11.4. The first kappa shape index (κ1) is 26.9. The first-order chi connectivity index (χ1) is 19.9. The van der Waals surface area contributed by atoms with Crippen LogP contribution in [-0.4, -0.2) is 39.8 Å². The van der Waals surface area contributed by atoms with Gasteiger partial charge < -0.3 is 26.0 Å². The average molecular weight is 547 g/mol. The second-order valence-corrected chi connectivity index (χ2v) is 9.32. The molecule has 0 fully saturated rings. The molecule has 5 aromatic rings. The quantitative estimate of drug-likeness (QED) is 0.175. The lowest BCUT2D eigenvalue weighted by Crippen LogP contribution is -2.42. The molecule has 5 rings (SSSR count). The molecule has 0 saturated heterocycles. The van der Waals surface area contributed by atoms with E-state index in [1.54, 1.807) is 72.8 Å². The van der Waals surface area contributed by atoms with Gasteiger partial charge in [-0.2, -0.15) is 0 Å². The van der Waals surface area contributed by atoms with Crippen molar-refractivity contribution in [3.8, 4) is 0 Å². The smallest absolute Gasteiger partial charge is 0.326 e. The minimum absolute atomic E-state index is 0.0970. The van der Waals surface area contributed by atoms with Gasteiger partial charge in [-0.1, -0.05) is 72.8 Å². The third-order valence-electron chi connectivity index (χ3n) is 6.50. The van der Waals surface area contributed by atoms with Crippen molar-refractivity contribution in [3.63, 3.8) is 0 Å². The van der Waals surface area contributed by atoms with Gasteiger partial charge in [0.25, 0.3) is 17.7 Å². The van der Waals surface area contributed by atoms with Crippen LogP contribution in [-0.2, 0) is 11.2 Å². The van der Waals surface area contributed by atoms with Crippen molar-refractivity contribution in [2.75, 3.05) is 10.6 Å². The summed E-state index contributed by atoms with van der Waals surface area (Å²) in [5.41, 5.74) is 2.66. The van der Waals surface area contributed by atoms with Crippen molar-refractivity contribution >= 4 is 46.0 Å². The summed E-state index contributed by atoms with van der Waals surface area (Å²) in [6.45, 7) is 0. The summed E-state index contributed by atoms with van der Waals surface area (Å²) in [6.07, 6.45) is 0.0971. The first-order valence-electron chi connectivity index (χ1n) is 12.8. The Hall–Kier alpha value is -5.70. The van der Waals surface area contributed by atoms with E-state index < -0.39 is 29.7 Å². The van der Waals surface area contributed by atoms with Crippen molar-refractivity contribution in [1.29, 1.82) is 0 Å². The maximum Gasteiger partial charge on any atom is 0.326 e. The highest BCUT2D eigenvalue weighted by molar-refractivity contribution is 6.14. The monoisotopic (exact) mass is 546 g/mol. The summed E-state index contributed by atoms with van der Waals surface area (Å²) in [4.78, 5) is 54.4. The lowest BCUT2D eigenvalue weighted by Gasteiger charge is -2.17. The zero-order valence-corrected chi connectivity index (χ0v) is 21.8. The van der Waals surface area contributed by atoms with Crippen LogP contribution < -0.4 is 16.0 Å². The summed E-state index contributed by atoms with van der Waals surface area (Å²) in [5, 5.41) is 18.6. The molecule has 0 spiro atoms. The van der Waals surface area contributed by atoms with E-state index in [2.05, 4.69) is 20.9 Å². The zero-order valence-electron chi connectivity index (χ0n) is 21.8. The maximum absolute atomic E-state index is 13.3. The third-order valence-corrected chi connectivity index (χ3v) is 6.50. The second kappa shape index (κ2) is 12.0. The number of amides is 3. The minimum Gasteiger partial charge on any atom is -0.480 e. The molecule has 4 aromatic carbocycles. The molecular weight excluding hydrogens is 520 g/mol. The summed E-state index contributed by atoms with van der Waals surface area (Å²) in [5.74, 6) is -2.80. The number of aliphatic carboxylic acids is 1. The largest absolute Gasteiger partial charge is 0.480 e. The molecule has 5 N–H and O–H groups in total. The lowest BCUT2D eigenvalue weighted by atomic mass is 10.0. The fourth-order valence-electron chi connectivity index (χ4n) is 4.44. The third kappa shape index (κ3) is 6.31. The van der Waals surface area contributed by atoms with Crippen molar-refractivity contribution in [2.45, 2.75) is 12.5 Å². The van der Waals surface area contributed by atoms with Crippen LogP contribution in [0.3, 0.4) is 0 Å². The minimum atomic E-state index is -1.18. The number of aromatic amines is 1. The van der Waals surface area contributed by atoms with E-state index in [1.165, 1.54) is 6.07 Å². The Morgan fingerprint density at radius 1 is 0.659 bits per heavy atom. The van der Waals surface area contributed by atoms with Gasteiger partial charge in [-0.15, -0.1) is 0 Å². The number of H-pyrrole nitrogens is 1. The number of hydrogen-bond acceptors (Lipinski definition) is 4. The summed E-state index contributed by atoms with van der Waals surface area (Å²) in [6, 6.07) is 29.8. The van der Waals surface area contributed by atoms with Gasteiger partial charge in [-0.3, -0.25) is 14.4 Å². The number of nitrogens with one attached hydrogen (secondary N) is 4. The highest BCUT2D eigenvalue weighted by Crippen LogP contribution is 2.22. The van der Waals surface area contributed by atoms with Crippen LogP contribution in [0, 0.1) is 0 Å². The predicted octanol–water partition coefficient (Wildman–Crippen LogP) is 5.10. The predicted molar refractivity (Wildman–Crippen MR) is 156 cm³/mol. The Morgan fingerprint density at radius 2 is 1.22 bits per heavy atom. The van der Waals surface area contributed by atoms with Crippen LogP contribution in [0.4, 0.5) is 11.4 Å². The van der Waals surface area contributed by atoms with Crippen molar-refractivity contribution in [1.82, 2.24) is 10.3 Å². The molecule has 0 aliphatic carbocycles. The molecule has 0 saturated carbocycles. The standard InChI is InChI=1S/C32H26N4O5/c37-29(23-14-6-9-17-26(23)35-31(39)27-19-21-12-4-7-15-24(21)33-27)34-25-16-8-5-13-22(25)30(38)36-28(32(40)41)18-20-10-2-1-3-11-20/h1-17,19,28,33H,18H2,(H,34,37)(H,35,39)(H,36,38)(H,40,41). The highest BCUT2D eigenvalue weighted by Gasteiger charge is 2.23. The van der Waals surface area contributed by atoms with E-state index in [-0.39, 0.29) is 28.9 Å². The number of carboxylic acids is 1. The number of carbonyl (C=O) groups excluding carboxylic acids is 3. The molecule has 3 amide bonds. The highest BCUT2D eigenvalue weighted by atomic mass is 16.4. The first-order valence-corrected chi connectivity index (χ1v) is 12.8. The Morgan fingerprint density at radius 3 is 1.88 bits per heavy atom. The number of hydrogen-bond donors (Lipinski definition) is 5. The lowest BCUT2D eigenvalue weighted by molar-refractivity contribution is -0.139. The molecule has 204 valence electrons. The van der Waals surface area contributed by atoms with Crippen LogP contribution in [0.1, 0.15) is 36.8 Å². The fraction of sp³-hybridized carbons (Fsp3) is 0.0625. The summed E-state index contributed by atoms with van der Waals surface area (Å²) < 4.78 is 0. The number of para-hydroxylation sites is 3. The number of anilines is 2. The molecule has 0 aliphatic heterocycles. The summed E-state index contributed by atoms with van der Waals surface area (Å²) >= 11 is 0. The van der Waals surface area contributed by atoms with E-state index in [0.717, 1.165) is 16.5 Å². The topological polar surface area (TPSA) is 140 Å². The second-order valence-electron chi connectivity index (χ2n) is 9.32.